The average Bonchev–Trinajstić information content (AvgIpc) is 2.77. The van der Waals surface area contributed by atoms with Crippen molar-refractivity contribution in [3.63, 3.8) is 0 Å². The first kappa shape index (κ1) is 19.9. The van der Waals surface area contributed by atoms with Crippen molar-refractivity contribution in [3.05, 3.63) is 60.8 Å². The number of fused-ring (bicyclic) bond motifs is 1. The number of ether oxygens (including phenoxy) is 1. The highest BCUT2D eigenvalue weighted by Gasteiger charge is 2.18. The highest BCUT2D eigenvalue weighted by atomic mass is 32.2. The molecule has 0 bridgehead atoms. The van der Waals surface area contributed by atoms with Gasteiger partial charge in [-0.25, -0.2) is 8.42 Å². The van der Waals surface area contributed by atoms with Crippen molar-refractivity contribution in [2.24, 2.45) is 0 Å². The molecule has 0 amide bonds. The van der Waals surface area contributed by atoms with Crippen LogP contribution in [-0.2, 0) is 9.84 Å². The molecule has 5 nitrogen and oxygen atoms in total. The summed E-state index contributed by atoms with van der Waals surface area (Å²) in [6.45, 7) is 4.10. The Morgan fingerprint density at radius 2 is 1.72 bits per heavy atom. The summed E-state index contributed by atoms with van der Waals surface area (Å²) in [5, 5.41) is 0.760. The van der Waals surface area contributed by atoms with Gasteiger partial charge in [0.05, 0.1) is 21.9 Å². The van der Waals surface area contributed by atoms with Crippen molar-refractivity contribution >= 4 is 20.7 Å². The molecule has 2 heterocycles. The standard InChI is InChI=1S/C23H26N2O3S/c26-29(27,21-8-3-1-4-9-21)22-17-19-16-20(10-11-23(19)24-18-22)28-15-7-14-25-12-5-2-6-13-25/h1,3-4,8-11,16-18H,2,5-7,12-15H2. The van der Waals surface area contributed by atoms with Gasteiger partial charge in [-0.15, -0.1) is 0 Å². The molecule has 0 unspecified atom stereocenters. The molecule has 0 N–H and O–H groups in total. The lowest BCUT2D eigenvalue weighted by atomic mass is 10.1. The summed E-state index contributed by atoms with van der Waals surface area (Å²) in [4.78, 5) is 7.29. The highest BCUT2D eigenvalue weighted by Crippen LogP contribution is 2.25. The Morgan fingerprint density at radius 1 is 0.931 bits per heavy atom. The lowest BCUT2D eigenvalue weighted by molar-refractivity contribution is 0.205. The van der Waals surface area contributed by atoms with Gasteiger partial charge in [0.15, 0.2) is 0 Å². The molecule has 0 atom stereocenters. The molecule has 0 spiro atoms. The lowest BCUT2D eigenvalue weighted by Crippen LogP contribution is -2.31. The van der Waals surface area contributed by atoms with E-state index in [0.717, 1.165) is 29.6 Å². The van der Waals surface area contributed by atoms with Crippen LogP contribution in [0.25, 0.3) is 10.9 Å². The second-order valence-corrected chi connectivity index (χ2v) is 9.40. The van der Waals surface area contributed by atoms with Crippen LogP contribution in [0.1, 0.15) is 25.7 Å². The first-order valence-corrected chi connectivity index (χ1v) is 11.7. The zero-order valence-electron chi connectivity index (χ0n) is 16.5. The molecular formula is C23H26N2O3S. The molecule has 6 heteroatoms. The van der Waals surface area contributed by atoms with Gasteiger partial charge in [-0.05, 0) is 68.8 Å². The van der Waals surface area contributed by atoms with Gasteiger partial charge in [-0.1, -0.05) is 24.6 Å². The molecule has 1 fully saturated rings. The molecule has 29 heavy (non-hydrogen) atoms. The van der Waals surface area contributed by atoms with Gasteiger partial charge < -0.3 is 9.64 Å². The Balaban J connectivity index is 1.45. The summed E-state index contributed by atoms with van der Waals surface area (Å²) >= 11 is 0. The van der Waals surface area contributed by atoms with Crippen LogP contribution in [0.2, 0.25) is 0 Å². The second-order valence-electron chi connectivity index (χ2n) is 7.45. The number of hydrogen-bond donors (Lipinski definition) is 0. The van der Waals surface area contributed by atoms with Gasteiger partial charge in [0.1, 0.15) is 5.75 Å². The van der Waals surface area contributed by atoms with Crippen molar-refractivity contribution in [3.8, 4) is 5.75 Å². The number of likely N-dealkylation sites (tertiary alicyclic amines) is 1. The topological polar surface area (TPSA) is 59.5 Å². The number of sulfone groups is 1. The molecule has 3 aromatic rings. The SMILES string of the molecule is O=S(=O)(c1ccccc1)c1cnc2ccc(OCCCN3CCCCC3)cc2c1. The van der Waals surface area contributed by atoms with Crippen LogP contribution in [0.5, 0.6) is 5.75 Å². The van der Waals surface area contributed by atoms with Crippen LogP contribution < -0.4 is 4.74 Å². The van der Waals surface area contributed by atoms with E-state index in [2.05, 4.69) is 9.88 Å². The minimum Gasteiger partial charge on any atom is -0.494 e. The summed E-state index contributed by atoms with van der Waals surface area (Å²) in [6.07, 6.45) is 6.35. The van der Waals surface area contributed by atoms with Crippen molar-refractivity contribution in [1.82, 2.24) is 9.88 Å². The Kier molecular flexibility index (Phi) is 6.11. The van der Waals surface area contributed by atoms with Gasteiger partial charge in [0, 0.05) is 18.1 Å². The molecule has 1 aliphatic heterocycles. The molecular weight excluding hydrogens is 384 g/mol. The number of aromatic nitrogens is 1. The largest absolute Gasteiger partial charge is 0.494 e. The van der Waals surface area contributed by atoms with E-state index < -0.39 is 9.84 Å². The van der Waals surface area contributed by atoms with Gasteiger partial charge in [0.25, 0.3) is 0 Å². The zero-order chi connectivity index (χ0) is 20.1. The van der Waals surface area contributed by atoms with Crippen molar-refractivity contribution in [2.45, 2.75) is 35.5 Å². The van der Waals surface area contributed by atoms with E-state index in [4.69, 9.17) is 4.74 Å². The van der Waals surface area contributed by atoms with E-state index in [9.17, 15) is 8.42 Å². The zero-order valence-corrected chi connectivity index (χ0v) is 17.3. The van der Waals surface area contributed by atoms with Crippen LogP contribution in [0.3, 0.4) is 0 Å². The highest BCUT2D eigenvalue weighted by molar-refractivity contribution is 7.91. The van der Waals surface area contributed by atoms with Crippen LogP contribution in [0.15, 0.2) is 70.6 Å². The molecule has 0 aliphatic carbocycles. The first-order chi connectivity index (χ1) is 14.1. The van der Waals surface area contributed by atoms with Crippen molar-refractivity contribution < 1.29 is 13.2 Å². The summed E-state index contributed by atoms with van der Waals surface area (Å²) in [7, 11) is -3.59. The number of piperidine rings is 1. The van der Waals surface area contributed by atoms with Crippen LogP contribution >= 0.6 is 0 Å². The predicted molar refractivity (Wildman–Crippen MR) is 114 cm³/mol. The van der Waals surface area contributed by atoms with Gasteiger partial charge in [-0.3, -0.25) is 4.98 Å². The van der Waals surface area contributed by atoms with Crippen LogP contribution in [0.4, 0.5) is 0 Å². The minimum atomic E-state index is -3.59. The number of benzene rings is 2. The van der Waals surface area contributed by atoms with Gasteiger partial charge >= 0.3 is 0 Å². The molecule has 152 valence electrons. The van der Waals surface area contributed by atoms with Crippen LogP contribution in [-0.4, -0.2) is 44.5 Å². The molecule has 2 aromatic carbocycles. The Morgan fingerprint density at radius 3 is 2.52 bits per heavy atom. The van der Waals surface area contributed by atoms with E-state index in [0.29, 0.717) is 6.61 Å². The quantitative estimate of drug-likeness (QED) is 0.543. The first-order valence-electron chi connectivity index (χ1n) is 10.2. The Bertz CT molecular complexity index is 1060. The van der Waals surface area contributed by atoms with E-state index in [-0.39, 0.29) is 9.79 Å². The van der Waals surface area contributed by atoms with Gasteiger partial charge in [0.2, 0.25) is 9.84 Å². The maximum absolute atomic E-state index is 12.8. The second kappa shape index (κ2) is 8.93. The summed E-state index contributed by atoms with van der Waals surface area (Å²) in [5.41, 5.74) is 0.748. The number of pyridine rings is 1. The smallest absolute Gasteiger partial charge is 0.208 e. The van der Waals surface area contributed by atoms with Crippen molar-refractivity contribution in [1.29, 1.82) is 0 Å². The lowest BCUT2D eigenvalue weighted by Gasteiger charge is -2.26. The fraction of sp³-hybridized carbons (Fsp3) is 0.348. The maximum atomic E-state index is 12.8. The normalized spacial score (nSPS) is 15.4. The molecule has 4 rings (SSSR count). The van der Waals surface area contributed by atoms with E-state index in [1.807, 2.05) is 18.2 Å². The third kappa shape index (κ3) is 4.77. The monoisotopic (exact) mass is 410 g/mol. The van der Waals surface area contributed by atoms with Crippen molar-refractivity contribution in [2.75, 3.05) is 26.2 Å². The maximum Gasteiger partial charge on any atom is 0.208 e. The molecule has 1 aliphatic rings. The molecule has 0 radical (unpaired) electrons. The fourth-order valence-corrected chi connectivity index (χ4v) is 4.98. The number of nitrogens with zero attached hydrogens (tertiary/aromatic N) is 2. The van der Waals surface area contributed by atoms with Gasteiger partial charge in [-0.2, -0.15) is 0 Å². The number of hydrogen-bond acceptors (Lipinski definition) is 5. The molecule has 1 aromatic heterocycles. The van der Waals surface area contributed by atoms with Crippen LogP contribution in [0, 0.1) is 0 Å². The summed E-state index contributed by atoms with van der Waals surface area (Å²) in [6, 6.07) is 15.7. The number of rotatable bonds is 7. The fourth-order valence-electron chi connectivity index (χ4n) is 3.72. The molecule has 1 saturated heterocycles. The molecule has 0 saturated carbocycles. The predicted octanol–water partition coefficient (Wildman–Crippen LogP) is 4.32. The summed E-state index contributed by atoms with van der Waals surface area (Å²) < 4.78 is 31.6. The third-order valence-electron chi connectivity index (χ3n) is 5.33. The van der Waals surface area contributed by atoms with E-state index in [1.54, 1.807) is 36.4 Å². The Labute approximate surface area is 172 Å². The van der Waals surface area contributed by atoms with E-state index in [1.165, 1.54) is 38.5 Å². The average molecular weight is 411 g/mol. The third-order valence-corrected chi connectivity index (χ3v) is 7.06. The minimum absolute atomic E-state index is 0.193. The van der Waals surface area contributed by atoms with E-state index >= 15 is 0 Å². The Hall–Kier alpha value is -2.44. The summed E-state index contributed by atoms with van der Waals surface area (Å²) in [5.74, 6) is 0.743.